The average Bonchev–Trinajstić information content (AvgIpc) is 2.68. The molecule has 1 aromatic rings. The van der Waals surface area contributed by atoms with Crippen molar-refractivity contribution in [1.29, 1.82) is 0 Å². The number of aryl methyl sites for hydroxylation is 1. The molecule has 106 valence electrons. The summed E-state index contributed by atoms with van der Waals surface area (Å²) in [5, 5.41) is 10.4. The van der Waals surface area contributed by atoms with E-state index >= 15 is 0 Å². The normalized spacial score (nSPS) is 19.4. The molecule has 19 heavy (non-hydrogen) atoms. The summed E-state index contributed by atoms with van der Waals surface area (Å²) in [7, 11) is 2.16. The van der Waals surface area contributed by atoms with Gasteiger partial charge in [0.25, 0.3) is 0 Å². The molecule has 1 fully saturated rings. The lowest BCUT2D eigenvalue weighted by molar-refractivity contribution is 0.0986. The van der Waals surface area contributed by atoms with E-state index in [1.165, 1.54) is 44.1 Å². The molecule has 1 atom stereocenters. The van der Waals surface area contributed by atoms with E-state index in [-0.39, 0.29) is 6.10 Å². The van der Waals surface area contributed by atoms with Crippen molar-refractivity contribution in [2.24, 2.45) is 0 Å². The van der Waals surface area contributed by atoms with Crippen molar-refractivity contribution < 1.29 is 5.11 Å². The summed E-state index contributed by atoms with van der Waals surface area (Å²) in [6, 6.07) is 8.81. The van der Waals surface area contributed by atoms with Crippen LogP contribution in [0.2, 0.25) is 0 Å². The molecular formula is C17H27NO. The number of likely N-dealkylation sites (N-methyl/N-ethyl adjacent to an activating group) is 1. The minimum Gasteiger partial charge on any atom is -0.387 e. The van der Waals surface area contributed by atoms with Gasteiger partial charge in [-0.2, -0.15) is 0 Å². The number of rotatable bonds is 4. The molecule has 2 nitrogen and oxygen atoms in total. The van der Waals surface area contributed by atoms with E-state index in [1.807, 2.05) is 18.2 Å². The number of hydrogen-bond acceptors (Lipinski definition) is 2. The fourth-order valence-corrected chi connectivity index (χ4v) is 3.18. The molecule has 1 aliphatic rings. The van der Waals surface area contributed by atoms with Gasteiger partial charge in [-0.15, -0.1) is 0 Å². The van der Waals surface area contributed by atoms with Crippen LogP contribution in [0.5, 0.6) is 0 Å². The largest absolute Gasteiger partial charge is 0.387 e. The second kappa shape index (κ2) is 7.06. The molecule has 0 aromatic heterocycles. The van der Waals surface area contributed by atoms with E-state index in [4.69, 9.17) is 0 Å². The van der Waals surface area contributed by atoms with Crippen LogP contribution in [0.1, 0.15) is 55.8 Å². The van der Waals surface area contributed by atoms with Gasteiger partial charge in [0.15, 0.2) is 0 Å². The van der Waals surface area contributed by atoms with Crippen molar-refractivity contribution in [1.82, 2.24) is 4.90 Å². The summed E-state index contributed by atoms with van der Waals surface area (Å²) in [4.78, 5) is 2.36. The van der Waals surface area contributed by atoms with Crippen LogP contribution in [0, 0.1) is 6.92 Å². The van der Waals surface area contributed by atoms with Gasteiger partial charge in [-0.25, -0.2) is 0 Å². The Labute approximate surface area is 117 Å². The lowest BCUT2D eigenvalue weighted by Gasteiger charge is -2.29. The van der Waals surface area contributed by atoms with Crippen molar-refractivity contribution >= 4 is 0 Å². The fourth-order valence-electron chi connectivity index (χ4n) is 3.18. The Kier molecular flexibility index (Phi) is 5.41. The Bertz CT molecular complexity index is 383. The van der Waals surface area contributed by atoms with Crippen molar-refractivity contribution in [3.8, 4) is 0 Å². The van der Waals surface area contributed by atoms with Crippen LogP contribution in [0.4, 0.5) is 0 Å². The highest BCUT2D eigenvalue weighted by Gasteiger charge is 2.20. The van der Waals surface area contributed by atoms with Gasteiger partial charge in [-0.3, -0.25) is 0 Å². The summed E-state index contributed by atoms with van der Waals surface area (Å²) >= 11 is 0. The Morgan fingerprint density at radius 1 is 1.16 bits per heavy atom. The zero-order chi connectivity index (χ0) is 13.7. The lowest BCUT2D eigenvalue weighted by Crippen LogP contribution is -2.34. The predicted molar refractivity (Wildman–Crippen MR) is 80.3 cm³/mol. The van der Waals surface area contributed by atoms with Gasteiger partial charge in [0.05, 0.1) is 6.10 Å². The van der Waals surface area contributed by atoms with Crippen LogP contribution in [0.25, 0.3) is 0 Å². The summed E-state index contributed by atoms with van der Waals surface area (Å²) < 4.78 is 0. The first kappa shape index (κ1) is 14.5. The molecule has 1 aromatic carbocycles. The Morgan fingerprint density at radius 2 is 1.79 bits per heavy atom. The van der Waals surface area contributed by atoms with Gasteiger partial charge in [-0.1, -0.05) is 49.9 Å². The van der Waals surface area contributed by atoms with Crippen LogP contribution in [0.3, 0.4) is 0 Å². The summed E-state index contributed by atoms with van der Waals surface area (Å²) in [6.07, 6.45) is 7.66. The third kappa shape index (κ3) is 4.05. The number of benzene rings is 1. The van der Waals surface area contributed by atoms with Crippen molar-refractivity contribution in [2.45, 2.75) is 57.6 Å². The maximum atomic E-state index is 10.4. The molecule has 1 unspecified atom stereocenters. The monoisotopic (exact) mass is 261 g/mol. The molecule has 0 radical (unpaired) electrons. The van der Waals surface area contributed by atoms with Gasteiger partial charge in [-0.05, 0) is 37.9 Å². The van der Waals surface area contributed by atoms with E-state index < -0.39 is 0 Å². The SMILES string of the molecule is Cc1ccccc1C(O)CN(C)C1CCCCCC1. The molecule has 0 amide bonds. The molecule has 2 rings (SSSR count). The minimum absolute atomic E-state index is 0.366. The maximum absolute atomic E-state index is 10.4. The van der Waals surface area contributed by atoms with E-state index in [2.05, 4.69) is 24.9 Å². The highest BCUT2D eigenvalue weighted by atomic mass is 16.3. The number of hydrogen-bond donors (Lipinski definition) is 1. The maximum Gasteiger partial charge on any atom is 0.0919 e. The summed E-state index contributed by atoms with van der Waals surface area (Å²) in [5.74, 6) is 0. The first-order chi connectivity index (χ1) is 9.18. The smallest absolute Gasteiger partial charge is 0.0919 e. The summed E-state index contributed by atoms with van der Waals surface area (Å²) in [5.41, 5.74) is 2.26. The van der Waals surface area contributed by atoms with Crippen molar-refractivity contribution in [3.63, 3.8) is 0 Å². The second-order valence-electron chi connectivity index (χ2n) is 5.96. The molecule has 0 heterocycles. The Morgan fingerprint density at radius 3 is 2.42 bits per heavy atom. The lowest BCUT2D eigenvalue weighted by atomic mass is 10.0. The Balaban J connectivity index is 1.94. The molecular weight excluding hydrogens is 234 g/mol. The number of aliphatic hydroxyl groups is 1. The van der Waals surface area contributed by atoms with E-state index in [1.54, 1.807) is 0 Å². The molecule has 0 saturated heterocycles. The third-order valence-corrected chi connectivity index (χ3v) is 4.46. The number of nitrogens with zero attached hydrogens (tertiary/aromatic N) is 1. The van der Waals surface area contributed by atoms with Crippen LogP contribution < -0.4 is 0 Å². The van der Waals surface area contributed by atoms with Gasteiger partial charge >= 0.3 is 0 Å². The fraction of sp³-hybridized carbons (Fsp3) is 0.647. The molecule has 1 N–H and O–H groups in total. The van der Waals surface area contributed by atoms with Gasteiger partial charge < -0.3 is 10.0 Å². The molecule has 0 aliphatic heterocycles. The standard InChI is InChI=1S/C17H27NO/c1-14-9-7-8-12-16(14)17(19)13-18(2)15-10-5-3-4-6-11-15/h7-9,12,15,17,19H,3-6,10-11,13H2,1-2H3. The minimum atomic E-state index is -0.366. The third-order valence-electron chi connectivity index (χ3n) is 4.46. The topological polar surface area (TPSA) is 23.5 Å². The zero-order valence-corrected chi connectivity index (χ0v) is 12.3. The zero-order valence-electron chi connectivity index (χ0n) is 12.3. The summed E-state index contributed by atoms with van der Waals surface area (Å²) in [6.45, 7) is 2.82. The Hall–Kier alpha value is -0.860. The van der Waals surface area contributed by atoms with Crippen LogP contribution in [-0.2, 0) is 0 Å². The quantitative estimate of drug-likeness (QED) is 0.836. The van der Waals surface area contributed by atoms with Crippen molar-refractivity contribution in [3.05, 3.63) is 35.4 Å². The van der Waals surface area contributed by atoms with Crippen molar-refractivity contribution in [2.75, 3.05) is 13.6 Å². The molecule has 2 heteroatoms. The van der Waals surface area contributed by atoms with E-state index in [9.17, 15) is 5.11 Å². The molecule has 1 aliphatic carbocycles. The van der Waals surface area contributed by atoms with Crippen LogP contribution >= 0.6 is 0 Å². The first-order valence-electron chi connectivity index (χ1n) is 7.62. The van der Waals surface area contributed by atoms with E-state index in [0.717, 1.165) is 12.1 Å². The van der Waals surface area contributed by atoms with E-state index in [0.29, 0.717) is 6.04 Å². The molecule has 0 spiro atoms. The van der Waals surface area contributed by atoms with Crippen LogP contribution in [0.15, 0.2) is 24.3 Å². The highest BCUT2D eigenvalue weighted by molar-refractivity contribution is 5.27. The van der Waals surface area contributed by atoms with Gasteiger partial charge in [0, 0.05) is 12.6 Å². The van der Waals surface area contributed by atoms with Crippen LogP contribution in [-0.4, -0.2) is 29.6 Å². The van der Waals surface area contributed by atoms with Gasteiger partial charge in [0.1, 0.15) is 0 Å². The molecule has 0 bridgehead atoms. The molecule has 1 saturated carbocycles. The van der Waals surface area contributed by atoms with Gasteiger partial charge in [0.2, 0.25) is 0 Å². The first-order valence-corrected chi connectivity index (χ1v) is 7.62. The second-order valence-corrected chi connectivity index (χ2v) is 5.96. The predicted octanol–water partition coefficient (Wildman–Crippen LogP) is 3.68. The number of aliphatic hydroxyl groups excluding tert-OH is 1. The highest BCUT2D eigenvalue weighted by Crippen LogP contribution is 2.24. The average molecular weight is 261 g/mol.